The van der Waals surface area contributed by atoms with Crippen LogP contribution in [0.5, 0.6) is 0 Å². The van der Waals surface area contributed by atoms with E-state index in [4.69, 9.17) is 23.2 Å². The van der Waals surface area contributed by atoms with Crippen LogP contribution in [0.3, 0.4) is 0 Å². The smallest absolute Gasteiger partial charge is 0.248 e. The van der Waals surface area contributed by atoms with E-state index in [0.29, 0.717) is 47.4 Å². The zero-order valence-electron chi connectivity index (χ0n) is 61.7. The molecule has 13 heterocycles. The fraction of sp³-hybridized carbons (Fsp3) is 0.357. The second-order valence-electron chi connectivity index (χ2n) is 30.3. The van der Waals surface area contributed by atoms with Gasteiger partial charge in [-0.1, -0.05) is 64.2 Å². The van der Waals surface area contributed by atoms with Crippen molar-refractivity contribution in [2.75, 3.05) is 54.4 Å². The number of rotatable bonds is 12. The number of pyridine rings is 4. The number of halogens is 2. The maximum atomic E-state index is 11.7. The van der Waals surface area contributed by atoms with Crippen molar-refractivity contribution in [2.45, 2.75) is 142 Å². The Hall–Kier alpha value is -8.96. The fourth-order valence-electron chi connectivity index (χ4n) is 16.2. The van der Waals surface area contributed by atoms with E-state index in [1.165, 1.54) is 95.0 Å². The lowest BCUT2D eigenvalue weighted by Gasteiger charge is -2.28. The lowest BCUT2D eigenvalue weighted by molar-refractivity contribution is 0.0376. The molecule has 4 aliphatic rings. The number of aromatic amines is 1. The summed E-state index contributed by atoms with van der Waals surface area (Å²) in [5.41, 5.74) is 19.2. The Morgan fingerprint density at radius 3 is 1.48 bits per heavy atom. The summed E-state index contributed by atoms with van der Waals surface area (Å²) >= 11 is 13.1. The predicted octanol–water partition coefficient (Wildman–Crippen LogP) is 13.0. The molecule has 0 spiro atoms. The van der Waals surface area contributed by atoms with Crippen LogP contribution in [0.25, 0.3) is 54.6 Å². The summed E-state index contributed by atoms with van der Waals surface area (Å²) in [5, 5.41) is 59.5. The molecule has 0 saturated carbocycles. The van der Waals surface area contributed by atoms with E-state index in [2.05, 4.69) is 172 Å². The van der Waals surface area contributed by atoms with E-state index >= 15 is 0 Å². The maximum Gasteiger partial charge on any atom is 0.248 e. The van der Waals surface area contributed by atoms with Crippen LogP contribution < -0.4 is 5.56 Å². The Bertz CT molecular complexity index is 5430. The molecule has 4 aliphatic heterocycles. The van der Waals surface area contributed by atoms with Gasteiger partial charge in [0.2, 0.25) is 5.56 Å². The van der Waals surface area contributed by atoms with Crippen molar-refractivity contribution in [3.05, 3.63) is 263 Å². The first-order valence-electron chi connectivity index (χ1n) is 36.3. The van der Waals surface area contributed by atoms with Gasteiger partial charge in [-0.15, -0.1) is 0 Å². The molecule has 0 amide bonds. The van der Waals surface area contributed by atoms with E-state index in [1.807, 2.05) is 62.4 Å². The minimum Gasteiger partial charge on any atom is -0.386 e. The van der Waals surface area contributed by atoms with Gasteiger partial charge in [0, 0.05) is 204 Å². The summed E-state index contributed by atoms with van der Waals surface area (Å²) in [6.45, 7) is 21.5. The van der Waals surface area contributed by atoms with Gasteiger partial charge in [0.1, 0.15) is 16.8 Å². The van der Waals surface area contributed by atoms with Crippen LogP contribution in [0.4, 0.5) is 0 Å². The highest BCUT2D eigenvalue weighted by atomic mass is 35.5. The summed E-state index contributed by atoms with van der Waals surface area (Å²) in [5.74, 6) is 0. The molecule has 0 saturated heterocycles. The van der Waals surface area contributed by atoms with Crippen LogP contribution in [-0.2, 0) is 94.8 Å². The van der Waals surface area contributed by atoms with Crippen molar-refractivity contribution in [1.29, 1.82) is 0 Å². The normalized spacial score (nSPS) is 16.9. The second-order valence-corrected chi connectivity index (χ2v) is 31.1. The average molecular weight is 1450 g/mol. The molecule has 544 valence electrons. The van der Waals surface area contributed by atoms with Crippen LogP contribution in [0.15, 0.2) is 163 Å². The fourth-order valence-corrected chi connectivity index (χ4v) is 16.7. The van der Waals surface area contributed by atoms with Crippen molar-refractivity contribution in [2.24, 2.45) is 0 Å². The topological polar surface area (TPSA) is 211 Å². The van der Waals surface area contributed by atoms with Crippen molar-refractivity contribution in [1.82, 2.24) is 68.0 Å². The molecule has 4 unspecified atom stereocenters. The zero-order chi connectivity index (χ0) is 73.8. The highest BCUT2D eigenvalue weighted by Crippen LogP contribution is 2.42. The number of nitrogens with one attached hydrogen (secondary N) is 1. The zero-order valence-corrected chi connectivity index (χ0v) is 63.2. The van der Waals surface area contributed by atoms with Crippen molar-refractivity contribution in [3.8, 4) is 0 Å². The SMILES string of the molecule is CN1CCc2c(c3c(Cl)ccc(Cl)c3n2CC(O)c2cccnc2)C1.Cc1ccc2c(c1)c1c(n2CC(C)(O)c2cc[nH]c(=O)c2)CCN(C)C1.Cc1ccc2c(c1)c1c(n2CC(C)(O)c2ccnnc2)CCN(C)C1.Cc1ccc2c(c1)c1c(n2CC(C)(O)c2cnc3ncccc3c2)CCN(C)C1. The molecule has 17 rings (SSSR count). The minimum atomic E-state index is -1.12. The van der Waals surface area contributed by atoms with Gasteiger partial charge in [0.25, 0.3) is 0 Å². The summed E-state index contributed by atoms with van der Waals surface area (Å²) in [7, 11) is 8.59. The Labute approximate surface area is 622 Å². The number of aliphatic hydroxyl groups is 4. The number of aliphatic hydroxyl groups excluding tert-OH is 1. The van der Waals surface area contributed by atoms with Gasteiger partial charge in [0.15, 0.2) is 5.65 Å². The first kappa shape index (κ1) is 73.0. The molecule has 21 heteroatoms. The molecule has 4 atom stereocenters. The molecule has 5 N–H and O–H groups in total. The molecule has 0 aliphatic carbocycles. The van der Waals surface area contributed by atoms with Crippen molar-refractivity contribution >= 4 is 77.8 Å². The third-order valence-corrected chi connectivity index (χ3v) is 22.4. The standard InChI is InChI=1S/C24H26N4O.C21H25N3O2.C20H24N4O.C19H19Cl2N3O/c1-16-6-7-21-19(11-16)20-14-27(3)10-8-22(20)28(21)15-24(2,29)18-12-17-5-4-9-25-23(17)26-13-18;1-14-4-5-18-16(10-14)17-12-23(3)9-7-19(17)24(18)13-21(2,26)15-6-8-22-20(25)11-15;1-14-4-5-18-16(10-14)17-12-23(3)9-7-19(17)24(18)13-20(2,25)15-6-8-21-22-11-15;1-23-8-6-16-13(10-23)18-14(20)4-5-15(21)19(18)24(16)11-17(25)12-3-2-7-22-9-12/h4-7,9,11-13,29H,8,10,14-15H2,1-3H3;4-6,8,10-11,26H,7,9,12-13H2,1-3H3,(H,22,25);4-6,8,10-11,25H,7,9,12-13H2,1-3H3;2-5,7,9,17,25H,6,8,10-11H2,1H3. The van der Waals surface area contributed by atoms with Gasteiger partial charge in [-0.05, 0) is 182 Å². The Morgan fingerprint density at radius 2 is 0.981 bits per heavy atom. The van der Waals surface area contributed by atoms with E-state index in [9.17, 15) is 25.2 Å². The monoisotopic (exact) mass is 1450 g/mol. The van der Waals surface area contributed by atoms with Crippen molar-refractivity contribution < 1.29 is 20.4 Å². The first-order valence-corrected chi connectivity index (χ1v) is 37.0. The third kappa shape index (κ3) is 15.0. The number of nitrogens with zero attached hydrogens (tertiary/aromatic N) is 13. The van der Waals surface area contributed by atoms with E-state index in [0.717, 1.165) is 117 Å². The second kappa shape index (κ2) is 29.8. The molecule has 4 aromatic carbocycles. The number of fused-ring (bicyclic) bond motifs is 13. The quantitative estimate of drug-likeness (QED) is 0.0771. The van der Waals surface area contributed by atoms with Crippen LogP contribution >= 0.6 is 23.2 Å². The number of hydrogen-bond donors (Lipinski definition) is 5. The van der Waals surface area contributed by atoms with Gasteiger partial charge in [-0.25, -0.2) is 9.97 Å². The Balaban J connectivity index is 0.000000118. The lowest BCUT2D eigenvalue weighted by Crippen LogP contribution is -2.32. The molecule has 0 fully saturated rings. The van der Waals surface area contributed by atoms with Crippen LogP contribution in [0.1, 0.15) is 111 Å². The Kier molecular flexibility index (Phi) is 20.7. The van der Waals surface area contributed by atoms with Gasteiger partial charge in [-0.3, -0.25) is 9.78 Å². The number of likely N-dealkylation sites (N-methyl/N-ethyl adjacent to an activating group) is 4. The van der Waals surface area contributed by atoms with E-state index in [-0.39, 0.29) is 5.56 Å². The predicted molar refractivity (Wildman–Crippen MR) is 419 cm³/mol. The first-order chi connectivity index (χ1) is 50.3. The summed E-state index contributed by atoms with van der Waals surface area (Å²) in [6, 6.07) is 38.1. The molecular formula is C84H94Cl2N14O5. The van der Waals surface area contributed by atoms with E-state index in [1.54, 1.807) is 56.4 Å². The van der Waals surface area contributed by atoms with Gasteiger partial charge in [0.05, 0.1) is 54.0 Å². The lowest BCUT2D eigenvalue weighted by atomic mass is 9.96. The maximum absolute atomic E-state index is 11.7. The average Bonchev–Trinajstić information content (AvgIpc) is 1.61. The van der Waals surface area contributed by atoms with Gasteiger partial charge in [-0.2, -0.15) is 10.2 Å². The minimum absolute atomic E-state index is 0.195. The molecule has 0 bridgehead atoms. The molecule has 105 heavy (non-hydrogen) atoms. The highest BCUT2D eigenvalue weighted by molar-refractivity contribution is 6.40. The molecule has 13 aromatic rings. The number of benzene rings is 4. The molecule has 19 nitrogen and oxygen atoms in total. The summed E-state index contributed by atoms with van der Waals surface area (Å²) in [4.78, 5) is 36.5. The van der Waals surface area contributed by atoms with Crippen LogP contribution in [-0.4, -0.2) is 143 Å². The molecule has 9 aromatic heterocycles. The largest absolute Gasteiger partial charge is 0.386 e. The third-order valence-electron chi connectivity index (χ3n) is 21.8. The van der Waals surface area contributed by atoms with Gasteiger partial charge >= 0.3 is 0 Å². The van der Waals surface area contributed by atoms with Gasteiger partial charge < -0.3 is 63.3 Å². The number of aromatic nitrogens is 10. The Morgan fingerprint density at radius 1 is 0.495 bits per heavy atom. The summed E-state index contributed by atoms with van der Waals surface area (Å²) < 4.78 is 9.02. The number of H-pyrrole nitrogens is 1. The number of hydrogen-bond acceptors (Lipinski definition) is 14. The van der Waals surface area contributed by atoms with E-state index < -0.39 is 22.9 Å². The highest BCUT2D eigenvalue weighted by Gasteiger charge is 2.34. The van der Waals surface area contributed by atoms with Crippen LogP contribution in [0, 0.1) is 20.8 Å². The van der Waals surface area contributed by atoms with Crippen molar-refractivity contribution in [3.63, 3.8) is 0 Å². The molecular weight excluding hydrogens is 1360 g/mol. The summed E-state index contributed by atoms with van der Waals surface area (Å²) in [6.07, 6.45) is 15.0. The molecule has 0 radical (unpaired) electrons. The van der Waals surface area contributed by atoms with Crippen LogP contribution in [0.2, 0.25) is 10.0 Å². The number of aryl methyl sites for hydroxylation is 3.